The van der Waals surface area contributed by atoms with Crippen molar-refractivity contribution >= 4 is 66.4 Å². The molecule has 1 aliphatic carbocycles. The van der Waals surface area contributed by atoms with Gasteiger partial charge in [0.1, 0.15) is 11.2 Å². The van der Waals surface area contributed by atoms with Gasteiger partial charge in [0.15, 0.2) is 0 Å². The normalized spacial score (nSPS) is 13.5. The van der Waals surface area contributed by atoms with Crippen molar-refractivity contribution in [2.75, 3.05) is 4.90 Å². The van der Waals surface area contributed by atoms with E-state index in [2.05, 4.69) is 234 Å². The highest BCUT2D eigenvalue weighted by Gasteiger charge is 2.19. The van der Waals surface area contributed by atoms with E-state index in [-0.39, 0.29) is 0 Å². The topological polar surface area (TPSA) is 21.3 Å². The van der Waals surface area contributed by atoms with E-state index in [4.69, 9.17) is 4.42 Å². The molecule has 0 saturated heterocycles. The molecule has 2 heterocycles. The molecular formula is C61H42N2O. The predicted octanol–water partition coefficient (Wildman–Crippen LogP) is 16.8. The highest BCUT2D eigenvalue weighted by Crippen LogP contribution is 2.42. The van der Waals surface area contributed by atoms with Gasteiger partial charge in [-0.2, -0.15) is 0 Å². The number of aromatic nitrogens is 1. The molecule has 0 unspecified atom stereocenters. The van der Waals surface area contributed by atoms with Crippen LogP contribution in [-0.2, 0) is 6.42 Å². The highest BCUT2D eigenvalue weighted by molar-refractivity contribution is 6.11. The molecule has 0 fully saturated rings. The van der Waals surface area contributed by atoms with Crippen molar-refractivity contribution in [1.82, 2.24) is 4.57 Å². The number of anilines is 3. The first kappa shape index (κ1) is 37.4. The van der Waals surface area contributed by atoms with Crippen molar-refractivity contribution in [2.45, 2.75) is 6.42 Å². The smallest absolute Gasteiger partial charge is 0.135 e. The molecule has 0 aliphatic heterocycles. The maximum absolute atomic E-state index is 6.27. The number of fused-ring (bicyclic) bond motifs is 9. The van der Waals surface area contributed by atoms with Crippen molar-refractivity contribution in [1.29, 1.82) is 0 Å². The van der Waals surface area contributed by atoms with Gasteiger partial charge in [0, 0.05) is 44.3 Å². The van der Waals surface area contributed by atoms with Crippen molar-refractivity contribution in [3.05, 3.63) is 248 Å². The number of furan rings is 1. The van der Waals surface area contributed by atoms with Crippen LogP contribution in [0.2, 0.25) is 0 Å². The van der Waals surface area contributed by atoms with E-state index in [1.54, 1.807) is 0 Å². The van der Waals surface area contributed by atoms with E-state index in [9.17, 15) is 0 Å². The molecule has 0 radical (unpaired) electrons. The summed E-state index contributed by atoms with van der Waals surface area (Å²) < 4.78 is 8.64. The van der Waals surface area contributed by atoms with E-state index in [1.165, 1.54) is 44.1 Å². The van der Waals surface area contributed by atoms with Crippen molar-refractivity contribution < 1.29 is 4.42 Å². The number of para-hydroxylation sites is 3. The lowest BCUT2D eigenvalue weighted by atomic mass is 9.88. The lowest BCUT2D eigenvalue weighted by Gasteiger charge is -2.26. The molecule has 0 N–H and O–H groups in total. The fourth-order valence-electron chi connectivity index (χ4n) is 9.63. The van der Waals surface area contributed by atoms with E-state index in [0.717, 1.165) is 78.9 Å². The zero-order valence-corrected chi connectivity index (χ0v) is 35.2. The Hall–Kier alpha value is -8.40. The molecule has 11 aromatic rings. The monoisotopic (exact) mass is 818 g/mol. The average molecular weight is 819 g/mol. The molecule has 0 saturated carbocycles. The molecule has 2 aromatic heterocycles. The van der Waals surface area contributed by atoms with Gasteiger partial charge in [0.05, 0.1) is 11.0 Å². The lowest BCUT2D eigenvalue weighted by Crippen LogP contribution is -2.09. The van der Waals surface area contributed by atoms with E-state index < -0.39 is 0 Å². The molecule has 0 atom stereocenters. The van der Waals surface area contributed by atoms with Crippen LogP contribution in [0.4, 0.5) is 17.1 Å². The second kappa shape index (κ2) is 15.5. The standard InChI is InChI=1S/C61H42N2O/c1-41-14-4-2-5-15-44-16-8-9-19-51(44)52-35-28-45(38-55(41)52)42-24-30-48(31-25-42)62(50-34-37-61-57(40-50)54-21-11-13-23-60(54)64-61)49-32-26-43(27-33-49)46-29-36-59-56(39-46)53-20-10-12-22-58(53)63(59)47-17-6-3-7-18-47/h2-14,16-40H,1,15H2/b5-2-,14-4-. The summed E-state index contributed by atoms with van der Waals surface area (Å²) >= 11 is 0. The molecule has 64 heavy (non-hydrogen) atoms. The summed E-state index contributed by atoms with van der Waals surface area (Å²) in [4.78, 5) is 2.34. The van der Waals surface area contributed by atoms with Gasteiger partial charge in [-0.3, -0.25) is 0 Å². The first-order valence-electron chi connectivity index (χ1n) is 21.9. The van der Waals surface area contributed by atoms with Gasteiger partial charge in [-0.05, 0) is 141 Å². The quantitative estimate of drug-likeness (QED) is 0.167. The fourth-order valence-corrected chi connectivity index (χ4v) is 9.63. The molecule has 12 rings (SSSR count). The Morgan fingerprint density at radius 1 is 0.422 bits per heavy atom. The van der Waals surface area contributed by atoms with Crippen LogP contribution in [0.3, 0.4) is 0 Å². The second-order valence-corrected chi connectivity index (χ2v) is 16.6. The number of hydrogen-bond donors (Lipinski definition) is 0. The van der Waals surface area contributed by atoms with Gasteiger partial charge in [-0.25, -0.2) is 0 Å². The molecule has 3 nitrogen and oxygen atoms in total. The third-order valence-electron chi connectivity index (χ3n) is 12.8. The number of benzene rings is 9. The molecule has 0 amide bonds. The molecule has 0 bridgehead atoms. The Bertz CT molecular complexity index is 3640. The maximum Gasteiger partial charge on any atom is 0.135 e. The molecule has 9 aromatic carbocycles. The summed E-state index contributed by atoms with van der Waals surface area (Å²) in [5, 5.41) is 4.68. The van der Waals surface area contributed by atoms with Crippen LogP contribution in [0.1, 0.15) is 11.1 Å². The third-order valence-corrected chi connectivity index (χ3v) is 12.8. The van der Waals surface area contributed by atoms with Gasteiger partial charge in [-0.15, -0.1) is 0 Å². The largest absolute Gasteiger partial charge is 0.456 e. The predicted molar refractivity (Wildman–Crippen MR) is 270 cm³/mol. The van der Waals surface area contributed by atoms with Crippen LogP contribution in [0.25, 0.3) is 88.4 Å². The molecular weight excluding hydrogens is 777 g/mol. The SMILES string of the molecule is C=C1/C=C\C=C/Cc2ccccc2-c2ccc(-c3ccc(N(c4ccc(-c5ccc6c(c5)c5ccccc5n6-c5ccccc5)cc4)c4ccc5oc6ccccc6c5c4)cc3)cc21. The van der Waals surface area contributed by atoms with Crippen LogP contribution in [0, 0.1) is 0 Å². The number of allylic oxidation sites excluding steroid dienone is 5. The summed E-state index contributed by atoms with van der Waals surface area (Å²) in [7, 11) is 0. The molecule has 1 aliphatic rings. The number of hydrogen-bond acceptors (Lipinski definition) is 2. The average Bonchev–Trinajstić information content (AvgIpc) is 3.90. The van der Waals surface area contributed by atoms with Gasteiger partial charge in [0.2, 0.25) is 0 Å². The van der Waals surface area contributed by atoms with Crippen LogP contribution < -0.4 is 4.90 Å². The summed E-state index contributed by atoms with van der Waals surface area (Å²) in [6, 6.07) is 74.4. The fraction of sp³-hybridized carbons (Fsp3) is 0.0164. The third kappa shape index (κ3) is 6.45. The zero-order valence-electron chi connectivity index (χ0n) is 35.2. The maximum atomic E-state index is 6.27. The Balaban J connectivity index is 0.939. The van der Waals surface area contributed by atoms with E-state index in [0.29, 0.717) is 0 Å². The van der Waals surface area contributed by atoms with Crippen LogP contribution in [-0.4, -0.2) is 4.57 Å². The summed E-state index contributed by atoms with van der Waals surface area (Å²) in [5.74, 6) is 0. The summed E-state index contributed by atoms with van der Waals surface area (Å²) in [6.45, 7) is 4.51. The van der Waals surface area contributed by atoms with Crippen molar-refractivity contribution in [2.24, 2.45) is 0 Å². The Labute approximate surface area is 372 Å². The van der Waals surface area contributed by atoms with E-state index in [1.807, 2.05) is 12.1 Å². The van der Waals surface area contributed by atoms with Crippen molar-refractivity contribution in [3.8, 4) is 39.1 Å². The van der Waals surface area contributed by atoms with Gasteiger partial charge in [0.25, 0.3) is 0 Å². The van der Waals surface area contributed by atoms with Crippen LogP contribution in [0.5, 0.6) is 0 Å². The second-order valence-electron chi connectivity index (χ2n) is 16.6. The molecule has 3 heteroatoms. The van der Waals surface area contributed by atoms with Crippen molar-refractivity contribution in [3.63, 3.8) is 0 Å². The zero-order chi connectivity index (χ0) is 42.6. The minimum atomic E-state index is 0.875. The minimum absolute atomic E-state index is 0.875. The highest BCUT2D eigenvalue weighted by atomic mass is 16.3. The van der Waals surface area contributed by atoms with Gasteiger partial charge in [-0.1, -0.05) is 152 Å². The van der Waals surface area contributed by atoms with Crippen LogP contribution >= 0.6 is 0 Å². The van der Waals surface area contributed by atoms with Gasteiger partial charge < -0.3 is 13.9 Å². The Morgan fingerprint density at radius 2 is 1.05 bits per heavy atom. The minimum Gasteiger partial charge on any atom is -0.456 e. The number of rotatable bonds is 6. The Morgan fingerprint density at radius 3 is 1.86 bits per heavy atom. The van der Waals surface area contributed by atoms with Crippen LogP contribution in [0.15, 0.2) is 242 Å². The van der Waals surface area contributed by atoms with E-state index >= 15 is 0 Å². The van der Waals surface area contributed by atoms with Gasteiger partial charge >= 0.3 is 0 Å². The lowest BCUT2D eigenvalue weighted by molar-refractivity contribution is 0.669. The number of nitrogens with zero attached hydrogens (tertiary/aromatic N) is 2. The Kier molecular flexibility index (Phi) is 9.05. The molecule has 0 spiro atoms. The first-order valence-corrected chi connectivity index (χ1v) is 21.9. The summed E-state index contributed by atoms with van der Waals surface area (Å²) in [6.07, 6.45) is 9.42. The first-order chi connectivity index (χ1) is 31.6. The molecule has 302 valence electrons. The summed E-state index contributed by atoms with van der Waals surface area (Å²) in [5.41, 5.74) is 19.0.